The van der Waals surface area contributed by atoms with E-state index >= 15 is 0 Å². The summed E-state index contributed by atoms with van der Waals surface area (Å²) in [6, 6.07) is 8.61. The molecule has 1 amide bonds. The van der Waals surface area contributed by atoms with Gasteiger partial charge < -0.3 is 5.32 Å². The molecule has 2 rings (SSSR count). The van der Waals surface area contributed by atoms with E-state index in [1.54, 1.807) is 0 Å². The lowest BCUT2D eigenvalue weighted by molar-refractivity contribution is -0.126. The Hall–Kier alpha value is -1.35. The van der Waals surface area contributed by atoms with Crippen molar-refractivity contribution in [1.82, 2.24) is 10.2 Å². The molecular formula is C22H36N2O. The molecule has 0 unspecified atom stereocenters. The van der Waals surface area contributed by atoms with Crippen LogP contribution in [0.3, 0.4) is 0 Å². The topological polar surface area (TPSA) is 32.3 Å². The quantitative estimate of drug-likeness (QED) is 0.713. The highest BCUT2D eigenvalue weighted by Gasteiger charge is 2.25. The molecule has 140 valence electrons. The maximum atomic E-state index is 12.5. The normalized spacial score (nSPS) is 17.4. The summed E-state index contributed by atoms with van der Waals surface area (Å²) in [5.41, 5.74) is 2.77. The van der Waals surface area contributed by atoms with E-state index in [2.05, 4.69) is 55.3 Å². The molecule has 0 bridgehead atoms. The molecule has 0 aliphatic carbocycles. The van der Waals surface area contributed by atoms with Gasteiger partial charge in [0.05, 0.1) is 0 Å². The molecule has 3 heteroatoms. The summed E-state index contributed by atoms with van der Waals surface area (Å²) in [6.45, 7) is 10.6. The minimum atomic E-state index is 0.205. The van der Waals surface area contributed by atoms with Gasteiger partial charge in [0.2, 0.25) is 5.91 Å². The molecule has 1 fully saturated rings. The van der Waals surface area contributed by atoms with E-state index in [1.165, 1.54) is 30.4 Å². The van der Waals surface area contributed by atoms with E-state index in [9.17, 15) is 4.79 Å². The van der Waals surface area contributed by atoms with Crippen LogP contribution >= 0.6 is 0 Å². The molecule has 1 heterocycles. The van der Waals surface area contributed by atoms with Crippen LogP contribution in [-0.2, 0) is 11.3 Å². The lowest BCUT2D eigenvalue weighted by Crippen LogP contribution is -2.41. The van der Waals surface area contributed by atoms with Crippen LogP contribution in [-0.4, -0.2) is 30.4 Å². The number of piperidine rings is 1. The van der Waals surface area contributed by atoms with Crippen molar-refractivity contribution in [2.75, 3.05) is 19.6 Å². The number of aryl methyl sites for hydroxylation is 1. The predicted molar refractivity (Wildman–Crippen MR) is 105 cm³/mol. The van der Waals surface area contributed by atoms with Gasteiger partial charge in [-0.1, -0.05) is 57.4 Å². The minimum absolute atomic E-state index is 0.205. The van der Waals surface area contributed by atoms with E-state index in [0.29, 0.717) is 5.92 Å². The number of amides is 1. The number of nitrogens with zero attached hydrogens (tertiary/aromatic N) is 1. The van der Waals surface area contributed by atoms with E-state index in [1.807, 2.05) is 0 Å². The van der Waals surface area contributed by atoms with Crippen LogP contribution in [0.1, 0.15) is 63.5 Å². The zero-order valence-corrected chi connectivity index (χ0v) is 16.4. The van der Waals surface area contributed by atoms with Crippen molar-refractivity contribution >= 4 is 5.91 Å². The summed E-state index contributed by atoms with van der Waals surface area (Å²) in [4.78, 5) is 15.0. The van der Waals surface area contributed by atoms with Gasteiger partial charge in [0.15, 0.2) is 0 Å². The lowest BCUT2D eigenvalue weighted by atomic mass is 9.94. The Morgan fingerprint density at radius 3 is 2.60 bits per heavy atom. The van der Waals surface area contributed by atoms with Crippen molar-refractivity contribution in [2.24, 2.45) is 11.8 Å². The number of carbonyl (C=O) groups excluding carboxylic acids is 1. The summed E-state index contributed by atoms with van der Waals surface area (Å²) in [5, 5.41) is 3.23. The van der Waals surface area contributed by atoms with E-state index in [0.717, 1.165) is 45.4 Å². The van der Waals surface area contributed by atoms with Crippen LogP contribution in [0.15, 0.2) is 24.3 Å². The third-order valence-corrected chi connectivity index (χ3v) is 5.72. The summed E-state index contributed by atoms with van der Waals surface area (Å²) in [6.07, 6.45) is 6.89. The highest BCUT2D eigenvalue weighted by molar-refractivity contribution is 5.78. The first-order valence-electron chi connectivity index (χ1n) is 10.2. The minimum Gasteiger partial charge on any atom is -0.356 e. The lowest BCUT2D eigenvalue weighted by Gasteiger charge is -2.32. The van der Waals surface area contributed by atoms with Crippen molar-refractivity contribution in [1.29, 1.82) is 0 Å². The summed E-state index contributed by atoms with van der Waals surface area (Å²) < 4.78 is 0. The number of carbonyl (C=O) groups is 1. The second kappa shape index (κ2) is 10.6. The number of rotatable bonds is 9. The molecule has 1 atom stereocenters. The van der Waals surface area contributed by atoms with Crippen molar-refractivity contribution in [3.63, 3.8) is 0 Å². The van der Waals surface area contributed by atoms with Gasteiger partial charge in [-0.2, -0.15) is 0 Å². The molecule has 3 nitrogen and oxygen atoms in total. The molecule has 25 heavy (non-hydrogen) atoms. The van der Waals surface area contributed by atoms with Gasteiger partial charge in [0.1, 0.15) is 0 Å². The first-order valence-corrected chi connectivity index (χ1v) is 10.2. The molecule has 1 aliphatic rings. The Morgan fingerprint density at radius 1 is 1.24 bits per heavy atom. The molecule has 1 aromatic carbocycles. The maximum absolute atomic E-state index is 12.5. The van der Waals surface area contributed by atoms with E-state index < -0.39 is 0 Å². The van der Waals surface area contributed by atoms with E-state index in [-0.39, 0.29) is 11.8 Å². The van der Waals surface area contributed by atoms with Gasteiger partial charge in [-0.3, -0.25) is 9.69 Å². The highest BCUT2D eigenvalue weighted by atomic mass is 16.1. The molecule has 1 aromatic rings. The average Bonchev–Trinajstić information content (AvgIpc) is 2.64. The second-order valence-corrected chi connectivity index (χ2v) is 7.64. The van der Waals surface area contributed by atoms with Crippen molar-refractivity contribution < 1.29 is 4.79 Å². The molecule has 0 spiro atoms. The zero-order valence-electron chi connectivity index (χ0n) is 16.4. The molecule has 0 aromatic heterocycles. The fraction of sp³-hybridized carbons (Fsp3) is 0.682. The Balaban J connectivity index is 1.72. The van der Waals surface area contributed by atoms with Crippen LogP contribution < -0.4 is 5.32 Å². The molecular weight excluding hydrogens is 308 g/mol. The highest BCUT2D eigenvalue weighted by Crippen LogP contribution is 2.21. The van der Waals surface area contributed by atoms with Crippen LogP contribution in [0, 0.1) is 18.8 Å². The first-order chi connectivity index (χ1) is 12.1. The van der Waals surface area contributed by atoms with Crippen LogP contribution in [0.5, 0.6) is 0 Å². The molecule has 1 aliphatic heterocycles. The maximum Gasteiger partial charge on any atom is 0.223 e. The predicted octanol–water partition coefficient (Wildman–Crippen LogP) is 4.54. The zero-order chi connectivity index (χ0) is 18.1. The molecule has 1 saturated heterocycles. The third-order valence-electron chi connectivity index (χ3n) is 5.72. The summed E-state index contributed by atoms with van der Waals surface area (Å²) in [5.74, 6) is 1.13. The fourth-order valence-electron chi connectivity index (χ4n) is 3.71. The third kappa shape index (κ3) is 6.47. The van der Waals surface area contributed by atoms with Crippen LogP contribution in [0.4, 0.5) is 0 Å². The monoisotopic (exact) mass is 344 g/mol. The Morgan fingerprint density at radius 2 is 1.96 bits per heavy atom. The van der Waals surface area contributed by atoms with Gasteiger partial charge in [0, 0.05) is 19.0 Å². The van der Waals surface area contributed by atoms with Crippen LogP contribution in [0.25, 0.3) is 0 Å². The molecule has 0 saturated carbocycles. The van der Waals surface area contributed by atoms with Gasteiger partial charge in [-0.05, 0) is 56.3 Å². The summed E-state index contributed by atoms with van der Waals surface area (Å²) in [7, 11) is 0. The van der Waals surface area contributed by atoms with Gasteiger partial charge in [-0.25, -0.2) is 0 Å². The number of hydrogen-bond donors (Lipinski definition) is 1. The molecule has 0 radical (unpaired) electrons. The number of unbranched alkanes of at least 4 members (excludes halogenated alkanes) is 1. The average molecular weight is 345 g/mol. The van der Waals surface area contributed by atoms with Crippen molar-refractivity contribution in [3.05, 3.63) is 35.4 Å². The van der Waals surface area contributed by atoms with Crippen molar-refractivity contribution in [2.45, 2.75) is 65.8 Å². The number of hydrogen-bond acceptors (Lipinski definition) is 2. The number of likely N-dealkylation sites (tertiary alicyclic amines) is 1. The number of nitrogens with one attached hydrogen (secondary N) is 1. The molecule has 1 N–H and O–H groups in total. The van der Waals surface area contributed by atoms with Gasteiger partial charge >= 0.3 is 0 Å². The fourth-order valence-corrected chi connectivity index (χ4v) is 3.71. The second-order valence-electron chi connectivity index (χ2n) is 7.64. The first kappa shape index (κ1) is 20.0. The largest absolute Gasteiger partial charge is 0.356 e. The van der Waals surface area contributed by atoms with Gasteiger partial charge in [-0.15, -0.1) is 0 Å². The smallest absolute Gasteiger partial charge is 0.223 e. The van der Waals surface area contributed by atoms with Crippen molar-refractivity contribution in [3.8, 4) is 0 Å². The number of benzene rings is 1. The Kier molecular flexibility index (Phi) is 8.47. The Labute approximate surface area is 154 Å². The Bertz CT molecular complexity index is 521. The van der Waals surface area contributed by atoms with E-state index in [4.69, 9.17) is 0 Å². The van der Waals surface area contributed by atoms with Crippen LogP contribution in [0.2, 0.25) is 0 Å². The standard InChI is InChI=1S/C22H36N2O/c1-4-6-10-19(5-2)16-23-22(25)20-12-14-24(15-13-20)17-21-11-8-7-9-18(21)3/h7-9,11,19-20H,4-6,10,12-17H2,1-3H3,(H,23,25)/t19-/m0/s1. The van der Waals surface area contributed by atoms with Gasteiger partial charge in [0.25, 0.3) is 0 Å². The summed E-state index contributed by atoms with van der Waals surface area (Å²) >= 11 is 0. The SMILES string of the molecule is CCCC[C@H](CC)CNC(=O)C1CCN(Cc2ccccc2C)CC1.